The topological polar surface area (TPSA) is 103 Å². The van der Waals surface area contributed by atoms with Gasteiger partial charge < -0.3 is 29.3 Å². The lowest BCUT2D eigenvalue weighted by Gasteiger charge is -2.40. The molecule has 0 aromatic heterocycles. The summed E-state index contributed by atoms with van der Waals surface area (Å²) in [7, 11) is 0. The minimum Gasteiger partial charge on any atom is -0.494 e. The number of amides is 3. The van der Waals surface area contributed by atoms with Crippen molar-refractivity contribution >= 4 is 35.2 Å². The molecule has 258 valence electrons. The number of hydrogen-bond donors (Lipinski definition) is 1. The van der Waals surface area contributed by atoms with Gasteiger partial charge >= 0.3 is 0 Å². The molecule has 11 heteroatoms. The van der Waals surface area contributed by atoms with Crippen LogP contribution in [0.1, 0.15) is 40.0 Å². The van der Waals surface area contributed by atoms with Crippen LogP contribution in [-0.2, 0) is 19.1 Å². The van der Waals surface area contributed by atoms with E-state index in [4.69, 9.17) is 9.47 Å². The Kier molecular flexibility index (Phi) is 11.7. The number of morpholine rings is 1. The molecule has 2 bridgehead atoms. The maximum atomic E-state index is 14.8. The van der Waals surface area contributed by atoms with E-state index in [1.165, 1.54) is 0 Å². The molecule has 0 radical (unpaired) electrons. The Morgan fingerprint density at radius 2 is 1.85 bits per heavy atom. The number of benzene rings is 1. The highest BCUT2D eigenvalue weighted by Gasteiger charge is 2.74. The number of ether oxygens (including phenoxy) is 2. The van der Waals surface area contributed by atoms with Gasteiger partial charge in [0.1, 0.15) is 11.8 Å². The van der Waals surface area contributed by atoms with Gasteiger partial charge in [-0.3, -0.25) is 19.3 Å². The fourth-order valence-electron chi connectivity index (χ4n) is 8.09. The summed E-state index contributed by atoms with van der Waals surface area (Å²) in [5.41, 5.74) is 0.711. The Bertz CT molecular complexity index is 1290. The normalized spacial score (nSPS) is 27.5. The van der Waals surface area contributed by atoms with E-state index in [9.17, 15) is 19.5 Å². The summed E-state index contributed by atoms with van der Waals surface area (Å²) in [6, 6.07) is 6.13. The van der Waals surface area contributed by atoms with Gasteiger partial charge in [0, 0.05) is 50.2 Å². The first-order valence-electron chi connectivity index (χ1n) is 17.2. The molecule has 4 heterocycles. The third kappa shape index (κ3) is 7.00. The predicted octanol–water partition coefficient (Wildman–Crippen LogP) is 3.45. The summed E-state index contributed by atoms with van der Waals surface area (Å²) in [6.07, 6.45) is 5.42. The molecule has 4 aliphatic heterocycles. The molecule has 4 aliphatic rings. The van der Waals surface area contributed by atoms with Crippen LogP contribution in [0.2, 0.25) is 0 Å². The molecule has 4 fully saturated rings. The van der Waals surface area contributed by atoms with Crippen molar-refractivity contribution in [2.75, 3.05) is 70.6 Å². The van der Waals surface area contributed by atoms with Gasteiger partial charge in [-0.1, -0.05) is 26.0 Å². The quantitative estimate of drug-likeness (QED) is 0.268. The summed E-state index contributed by atoms with van der Waals surface area (Å²) in [5, 5.41) is 10.6. The maximum absolute atomic E-state index is 14.8. The first kappa shape index (κ1) is 35.4. The Labute approximate surface area is 284 Å². The van der Waals surface area contributed by atoms with Gasteiger partial charge in [0.25, 0.3) is 0 Å². The second-order valence-electron chi connectivity index (χ2n) is 13.5. The molecule has 2 unspecified atom stereocenters. The fourth-order valence-corrected chi connectivity index (χ4v) is 10.3. The van der Waals surface area contributed by atoms with Crippen LogP contribution in [0.15, 0.2) is 49.6 Å². The molecule has 5 rings (SSSR count). The van der Waals surface area contributed by atoms with Crippen molar-refractivity contribution in [3.8, 4) is 5.75 Å². The van der Waals surface area contributed by atoms with Crippen LogP contribution in [0.4, 0.5) is 5.69 Å². The monoisotopic (exact) mass is 668 g/mol. The number of rotatable bonds is 16. The molecular weight excluding hydrogens is 616 g/mol. The van der Waals surface area contributed by atoms with Crippen molar-refractivity contribution in [2.24, 2.45) is 17.8 Å². The van der Waals surface area contributed by atoms with E-state index < -0.39 is 28.7 Å². The van der Waals surface area contributed by atoms with Gasteiger partial charge in [-0.05, 0) is 56.4 Å². The lowest BCUT2D eigenvalue weighted by atomic mass is 9.70. The van der Waals surface area contributed by atoms with Gasteiger partial charge in [-0.25, -0.2) is 0 Å². The number of thioether (sulfide) groups is 1. The van der Waals surface area contributed by atoms with Crippen LogP contribution < -0.4 is 9.64 Å². The molecular formula is C36H52N4O6S. The van der Waals surface area contributed by atoms with E-state index in [1.807, 2.05) is 36.1 Å². The largest absolute Gasteiger partial charge is 0.494 e. The van der Waals surface area contributed by atoms with Gasteiger partial charge in [0.05, 0.1) is 49.1 Å². The summed E-state index contributed by atoms with van der Waals surface area (Å²) in [6.45, 7) is 19.0. The predicted molar refractivity (Wildman–Crippen MR) is 185 cm³/mol. The minimum atomic E-state index is -0.772. The van der Waals surface area contributed by atoms with E-state index in [0.29, 0.717) is 64.5 Å². The van der Waals surface area contributed by atoms with E-state index in [-0.39, 0.29) is 35.5 Å². The number of fused-ring (bicyclic) bond motifs is 1. The third-order valence-corrected chi connectivity index (χ3v) is 12.0. The molecule has 10 nitrogen and oxygen atoms in total. The number of likely N-dealkylation sites (tertiary alicyclic amines) is 1. The van der Waals surface area contributed by atoms with Crippen molar-refractivity contribution in [1.29, 1.82) is 0 Å². The number of aliphatic hydroxyl groups excluding tert-OH is 1. The van der Waals surface area contributed by atoms with Gasteiger partial charge in [-0.2, -0.15) is 0 Å². The zero-order chi connectivity index (χ0) is 33.7. The molecule has 1 spiro atoms. The zero-order valence-corrected chi connectivity index (χ0v) is 29.0. The summed E-state index contributed by atoms with van der Waals surface area (Å²) in [4.78, 5) is 51.8. The molecule has 1 aromatic rings. The van der Waals surface area contributed by atoms with Crippen LogP contribution in [0, 0.1) is 17.8 Å². The Balaban J connectivity index is 1.50. The number of anilines is 1. The Morgan fingerprint density at radius 3 is 2.47 bits per heavy atom. The lowest BCUT2D eigenvalue weighted by Crippen LogP contribution is -2.58. The molecule has 3 amide bonds. The van der Waals surface area contributed by atoms with Crippen LogP contribution >= 0.6 is 11.8 Å². The van der Waals surface area contributed by atoms with E-state index >= 15 is 0 Å². The highest BCUT2D eigenvalue weighted by atomic mass is 32.2. The molecule has 1 N–H and O–H groups in total. The molecule has 6 atom stereocenters. The fraction of sp³-hybridized carbons (Fsp3) is 0.639. The van der Waals surface area contributed by atoms with Crippen LogP contribution in [-0.4, -0.2) is 125 Å². The summed E-state index contributed by atoms with van der Waals surface area (Å²) >= 11 is 1.66. The second-order valence-corrected chi connectivity index (χ2v) is 15.1. The SMILES string of the molecule is C=CCN(CCN1CCOCC1)C(=O)C1N([C@@H](CO)CC(C)C)C(=O)[C@@H]2[C@H](C(=O)N(CC=C)c3ccc(OCC)cc3)[C@@H]3CCC12S3. The lowest BCUT2D eigenvalue weighted by molar-refractivity contribution is -0.146. The van der Waals surface area contributed by atoms with E-state index in [1.54, 1.807) is 33.7 Å². The summed E-state index contributed by atoms with van der Waals surface area (Å²) < 4.78 is 10.4. The highest BCUT2D eigenvalue weighted by Crippen LogP contribution is 2.67. The Morgan fingerprint density at radius 1 is 1.15 bits per heavy atom. The van der Waals surface area contributed by atoms with Gasteiger partial charge in [0.2, 0.25) is 17.7 Å². The molecule has 47 heavy (non-hydrogen) atoms. The average Bonchev–Trinajstić information content (AvgIpc) is 3.72. The minimum absolute atomic E-state index is 0.0807. The molecule has 4 saturated heterocycles. The van der Waals surface area contributed by atoms with Crippen LogP contribution in [0.5, 0.6) is 5.75 Å². The third-order valence-electron chi connectivity index (χ3n) is 10.1. The van der Waals surface area contributed by atoms with Crippen molar-refractivity contribution in [3.63, 3.8) is 0 Å². The van der Waals surface area contributed by atoms with Crippen molar-refractivity contribution in [2.45, 2.75) is 62.1 Å². The standard InChI is InChI=1S/C36H52N4O6S/c1-6-15-38(18-17-37-19-21-45-22-20-37)35(44)32-36-14-13-29(47-36)30(31(36)34(43)40(32)27(24-41)23-25(4)5)33(42)39(16-7-2)26-9-11-28(12-10-26)46-8-3/h6-7,9-12,25,27,29-32,41H,1-2,8,13-24H2,3-5H3/t27-,29+,30-,31+,32?,36?/m1/s1. The first-order chi connectivity index (χ1) is 22.7. The van der Waals surface area contributed by atoms with Crippen LogP contribution in [0.3, 0.4) is 0 Å². The zero-order valence-electron chi connectivity index (χ0n) is 28.2. The Hall–Kier alpha value is -2.86. The van der Waals surface area contributed by atoms with Crippen molar-refractivity contribution < 1.29 is 29.0 Å². The smallest absolute Gasteiger partial charge is 0.247 e. The highest BCUT2D eigenvalue weighted by molar-refractivity contribution is 8.02. The summed E-state index contributed by atoms with van der Waals surface area (Å²) in [5.74, 6) is -0.762. The number of aliphatic hydroxyl groups is 1. The van der Waals surface area contributed by atoms with Gasteiger partial charge in [-0.15, -0.1) is 24.9 Å². The number of carbonyl (C=O) groups is 3. The first-order valence-corrected chi connectivity index (χ1v) is 18.0. The average molecular weight is 669 g/mol. The molecule has 0 aliphatic carbocycles. The second kappa shape index (κ2) is 15.6. The van der Waals surface area contributed by atoms with E-state index in [2.05, 4.69) is 31.9 Å². The van der Waals surface area contributed by atoms with E-state index in [0.717, 1.165) is 25.3 Å². The molecule has 1 aromatic carbocycles. The number of carbonyl (C=O) groups excluding carboxylic acids is 3. The number of hydrogen-bond acceptors (Lipinski definition) is 8. The maximum Gasteiger partial charge on any atom is 0.247 e. The van der Waals surface area contributed by atoms with Gasteiger partial charge in [0.15, 0.2) is 0 Å². The molecule has 0 saturated carbocycles. The number of nitrogens with zero attached hydrogens (tertiary/aromatic N) is 4. The van der Waals surface area contributed by atoms with Crippen molar-refractivity contribution in [3.05, 3.63) is 49.6 Å². The van der Waals surface area contributed by atoms with Crippen LogP contribution in [0.25, 0.3) is 0 Å². The van der Waals surface area contributed by atoms with Crippen molar-refractivity contribution in [1.82, 2.24) is 14.7 Å².